The lowest BCUT2D eigenvalue weighted by atomic mass is 10.2. The number of carbonyl (C=O) groups excluding carboxylic acids is 1. The molecule has 0 spiro atoms. The molecule has 1 amide bonds. The van der Waals surface area contributed by atoms with Gasteiger partial charge in [-0.1, -0.05) is 0 Å². The van der Waals surface area contributed by atoms with Gasteiger partial charge in [-0.25, -0.2) is 13.8 Å². The van der Waals surface area contributed by atoms with Crippen LogP contribution in [0.15, 0.2) is 36.9 Å². The van der Waals surface area contributed by atoms with E-state index in [2.05, 4.69) is 10.3 Å². The van der Waals surface area contributed by atoms with Crippen molar-refractivity contribution in [1.29, 1.82) is 0 Å². The number of aryl methyl sites for hydroxylation is 1. The smallest absolute Gasteiger partial charge is 0.251 e. The van der Waals surface area contributed by atoms with Crippen LogP contribution in [-0.4, -0.2) is 22.0 Å². The van der Waals surface area contributed by atoms with E-state index in [9.17, 15) is 13.6 Å². The average Bonchev–Trinajstić information content (AvgIpc) is 2.86. The van der Waals surface area contributed by atoms with Crippen LogP contribution in [0.1, 0.15) is 16.8 Å². The van der Waals surface area contributed by atoms with Gasteiger partial charge in [0.05, 0.1) is 6.33 Å². The number of hydrogen-bond acceptors (Lipinski definition) is 2. The van der Waals surface area contributed by atoms with Crippen molar-refractivity contribution in [3.8, 4) is 0 Å². The average molecular weight is 265 g/mol. The zero-order chi connectivity index (χ0) is 13.7. The molecule has 0 fully saturated rings. The summed E-state index contributed by atoms with van der Waals surface area (Å²) in [6.45, 7) is 1.15. The van der Waals surface area contributed by atoms with Crippen LogP contribution < -0.4 is 5.32 Å². The Kier molecular flexibility index (Phi) is 4.22. The first-order valence-electron chi connectivity index (χ1n) is 5.85. The molecule has 4 nitrogen and oxygen atoms in total. The van der Waals surface area contributed by atoms with Crippen molar-refractivity contribution in [1.82, 2.24) is 14.9 Å². The number of benzene rings is 1. The van der Waals surface area contributed by atoms with Gasteiger partial charge in [-0.2, -0.15) is 0 Å². The van der Waals surface area contributed by atoms with Gasteiger partial charge in [-0.3, -0.25) is 4.79 Å². The number of amides is 1. The highest BCUT2D eigenvalue weighted by Gasteiger charge is 2.08. The number of rotatable bonds is 5. The summed E-state index contributed by atoms with van der Waals surface area (Å²) < 4.78 is 27.7. The summed E-state index contributed by atoms with van der Waals surface area (Å²) in [5, 5.41) is 2.61. The maximum Gasteiger partial charge on any atom is 0.251 e. The van der Waals surface area contributed by atoms with Crippen molar-refractivity contribution in [3.63, 3.8) is 0 Å². The summed E-state index contributed by atoms with van der Waals surface area (Å²) in [5.41, 5.74) is -0.0138. The minimum absolute atomic E-state index is 0.0138. The van der Waals surface area contributed by atoms with Crippen molar-refractivity contribution in [2.24, 2.45) is 0 Å². The van der Waals surface area contributed by atoms with E-state index in [1.807, 2.05) is 10.8 Å². The van der Waals surface area contributed by atoms with Gasteiger partial charge in [-0.05, 0) is 18.6 Å². The second-order valence-electron chi connectivity index (χ2n) is 4.07. The Balaban J connectivity index is 1.80. The number of carbonyl (C=O) groups is 1. The lowest BCUT2D eigenvalue weighted by Crippen LogP contribution is -2.25. The molecule has 0 aliphatic rings. The number of imidazole rings is 1. The lowest BCUT2D eigenvalue weighted by molar-refractivity contribution is 0.0952. The minimum Gasteiger partial charge on any atom is -0.352 e. The second kappa shape index (κ2) is 6.08. The summed E-state index contributed by atoms with van der Waals surface area (Å²) in [7, 11) is 0. The van der Waals surface area contributed by atoms with E-state index in [0.717, 1.165) is 24.7 Å². The van der Waals surface area contributed by atoms with Crippen LogP contribution in [0.5, 0.6) is 0 Å². The predicted octanol–water partition coefficient (Wildman–Crippen LogP) is 1.98. The molecule has 0 aliphatic heterocycles. The molecule has 0 radical (unpaired) electrons. The van der Waals surface area contributed by atoms with Gasteiger partial charge in [0.2, 0.25) is 0 Å². The molecule has 0 bridgehead atoms. The van der Waals surface area contributed by atoms with Crippen molar-refractivity contribution in [3.05, 3.63) is 54.1 Å². The topological polar surface area (TPSA) is 46.9 Å². The van der Waals surface area contributed by atoms with Crippen molar-refractivity contribution < 1.29 is 13.6 Å². The van der Waals surface area contributed by atoms with Crippen LogP contribution in [0.3, 0.4) is 0 Å². The molecule has 0 saturated heterocycles. The van der Waals surface area contributed by atoms with E-state index in [0.29, 0.717) is 13.0 Å². The molecule has 1 N–H and O–H groups in total. The Bertz CT molecular complexity index is 535. The zero-order valence-corrected chi connectivity index (χ0v) is 10.1. The van der Waals surface area contributed by atoms with Gasteiger partial charge in [0.15, 0.2) is 0 Å². The molecular weight excluding hydrogens is 252 g/mol. The van der Waals surface area contributed by atoms with E-state index in [-0.39, 0.29) is 5.56 Å². The molecule has 0 unspecified atom stereocenters. The molecule has 1 aromatic carbocycles. The Morgan fingerprint density at radius 3 is 2.63 bits per heavy atom. The molecule has 0 atom stereocenters. The largest absolute Gasteiger partial charge is 0.352 e. The summed E-state index contributed by atoms with van der Waals surface area (Å²) in [6, 6.07) is 2.75. The van der Waals surface area contributed by atoms with Gasteiger partial charge in [0.1, 0.15) is 11.6 Å². The first-order chi connectivity index (χ1) is 9.15. The molecule has 0 aliphatic carbocycles. The second-order valence-corrected chi connectivity index (χ2v) is 4.07. The van der Waals surface area contributed by atoms with Gasteiger partial charge in [0.25, 0.3) is 5.91 Å². The van der Waals surface area contributed by atoms with Gasteiger partial charge < -0.3 is 9.88 Å². The molecule has 1 aromatic heterocycles. The molecule has 2 rings (SSSR count). The minimum atomic E-state index is -0.761. The Morgan fingerprint density at radius 2 is 2.00 bits per heavy atom. The van der Waals surface area contributed by atoms with Gasteiger partial charge >= 0.3 is 0 Å². The molecule has 6 heteroatoms. The normalized spacial score (nSPS) is 10.4. The number of halogens is 2. The Hall–Kier alpha value is -2.24. The van der Waals surface area contributed by atoms with Crippen LogP contribution >= 0.6 is 0 Å². The van der Waals surface area contributed by atoms with Crippen molar-refractivity contribution in [2.45, 2.75) is 13.0 Å². The highest BCUT2D eigenvalue weighted by molar-refractivity contribution is 5.94. The molecular formula is C13H13F2N3O. The van der Waals surface area contributed by atoms with E-state index in [1.54, 1.807) is 12.5 Å². The third kappa shape index (κ3) is 3.87. The fourth-order valence-corrected chi connectivity index (χ4v) is 1.67. The third-order valence-electron chi connectivity index (χ3n) is 2.56. The molecule has 1 heterocycles. The van der Waals surface area contributed by atoms with E-state index in [4.69, 9.17) is 0 Å². The number of hydrogen-bond donors (Lipinski definition) is 1. The molecule has 19 heavy (non-hydrogen) atoms. The highest BCUT2D eigenvalue weighted by Crippen LogP contribution is 2.07. The van der Waals surface area contributed by atoms with Crippen LogP contribution in [-0.2, 0) is 6.54 Å². The van der Waals surface area contributed by atoms with Crippen LogP contribution in [0.2, 0.25) is 0 Å². The number of aromatic nitrogens is 2. The third-order valence-corrected chi connectivity index (χ3v) is 2.56. The van der Waals surface area contributed by atoms with E-state index >= 15 is 0 Å². The number of nitrogens with zero attached hydrogens (tertiary/aromatic N) is 2. The van der Waals surface area contributed by atoms with Crippen LogP contribution in [0, 0.1) is 11.6 Å². The maximum atomic E-state index is 12.9. The van der Waals surface area contributed by atoms with Gasteiger partial charge in [-0.15, -0.1) is 0 Å². The highest BCUT2D eigenvalue weighted by atomic mass is 19.1. The van der Waals surface area contributed by atoms with Crippen LogP contribution in [0.4, 0.5) is 8.78 Å². The zero-order valence-electron chi connectivity index (χ0n) is 10.1. The summed E-state index contributed by atoms with van der Waals surface area (Å²) in [4.78, 5) is 15.5. The maximum absolute atomic E-state index is 12.9. The summed E-state index contributed by atoms with van der Waals surface area (Å²) >= 11 is 0. The van der Waals surface area contributed by atoms with Crippen molar-refractivity contribution in [2.75, 3.05) is 6.54 Å². The predicted molar refractivity (Wildman–Crippen MR) is 65.5 cm³/mol. The SMILES string of the molecule is O=C(NCCCn1ccnc1)c1cc(F)cc(F)c1. The molecule has 0 saturated carbocycles. The Morgan fingerprint density at radius 1 is 1.26 bits per heavy atom. The fourth-order valence-electron chi connectivity index (χ4n) is 1.67. The molecule has 2 aromatic rings. The summed E-state index contributed by atoms with van der Waals surface area (Å²) in [5.74, 6) is -2.00. The monoisotopic (exact) mass is 265 g/mol. The van der Waals surface area contributed by atoms with Crippen LogP contribution in [0.25, 0.3) is 0 Å². The van der Waals surface area contributed by atoms with Gasteiger partial charge in [0, 0.05) is 37.1 Å². The number of nitrogens with one attached hydrogen (secondary N) is 1. The first-order valence-corrected chi connectivity index (χ1v) is 5.85. The van der Waals surface area contributed by atoms with E-state index in [1.165, 1.54) is 0 Å². The quantitative estimate of drug-likeness (QED) is 0.840. The Labute approximate surface area is 109 Å². The van der Waals surface area contributed by atoms with E-state index < -0.39 is 17.5 Å². The molecule has 100 valence electrons. The lowest BCUT2D eigenvalue weighted by Gasteiger charge is -2.06. The standard InChI is InChI=1S/C13H13F2N3O/c14-11-6-10(7-12(15)8-11)13(19)17-2-1-4-18-5-3-16-9-18/h3,5-9H,1-2,4H2,(H,17,19). The summed E-state index contributed by atoms with van der Waals surface area (Å²) in [6.07, 6.45) is 5.89. The fraction of sp³-hybridized carbons (Fsp3) is 0.231. The van der Waals surface area contributed by atoms with Crippen molar-refractivity contribution >= 4 is 5.91 Å². The first kappa shape index (κ1) is 13.2.